The number of hydrogen-bond acceptors (Lipinski definition) is 5. The maximum atomic E-state index is 12.2. The van der Waals surface area contributed by atoms with Gasteiger partial charge in [0.1, 0.15) is 12.1 Å². The third-order valence-electron chi connectivity index (χ3n) is 3.34. The topological polar surface area (TPSA) is 114 Å². The zero-order chi connectivity index (χ0) is 16.7. The Morgan fingerprint density at radius 1 is 1.17 bits per heavy atom. The first-order valence-electron chi connectivity index (χ1n) is 7.39. The molecule has 0 radical (unpaired) electrons. The lowest BCUT2D eigenvalue weighted by molar-refractivity contribution is -0.137. The summed E-state index contributed by atoms with van der Waals surface area (Å²) >= 11 is 0. The van der Waals surface area contributed by atoms with Gasteiger partial charge in [-0.05, 0) is 25.0 Å². The number of benzene rings is 1. The number of rotatable bonds is 8. The minimum Gasteiger partial charge on any atom is -0.480 e. The number of hydrogen-bond donors (Lipinski definition) is 2. The van der Waals surface area contributed by atoms with Gasteiger partial charge in [-0.15, -0.1) is 5.10 Å². The fourth-order valence-corrected chi connectivity index (χ4v) is 2.16. The molecule has 2 aromatic rings. The van der Waals surface area contributed by atoms with E-state index in [9.17, 15) is 14.4 Å². The molecule has 2 rings (SSSR count). The molecular weight excluding hydrogens is 300 g/mol. The van der Waals surface area contributed by atoms with Crippen LogP contribution in [0.5, 0.6) is 0 Å². The highest BCUT2D eigenvalue weighted by atomic mass is 16.4. The quantitative estimate of drug-likeness (QED) is 0.687. The third kappa shape index (κ3) is 4.87. The van der Waals surface area contributed by atoms with Crippen molar-refractivity contribution in [2.45, 2.75) is 32.2 Å². The van der Waals surface area contributed by atoms with E-state index < -0.39 is 5.97 Å². The van der Waals surface area contributed by atoms with Gasteiger partial charge in [0.25, 0.3) is 5.56 Å². The van der Waals surface area contributed by atoms with Crippen molar-refractivity contribution in [1.29, 1.82) is 0 Å². The lowest BCUT2D eigenvalue weighted by atomic mass is 10.2. The van der Waals surface area contributed by atoms with Gasteiger partial charge in [-0.2, -0.15) is 0 Å². The number of aromatic nitrogens is 3. The molecule has 0 aliphatic carbocycles. The largest absolute Gasteiger partial charge is 0.480 e. The fraction of sp³-hybridized carbons (Fsp3) is 0.400. The van der Waals surface area contributed by atoms with E-state index in [-0.39, 0.29) is 24.4 Å². The number of carboxylic acid groups (broad SMARTS) is 1. The van der Waals surface area contributed by atoms with Gasteiger partial charge in [0.15, 0.2) is 0 Å². The average Bonchev–Trinajstić information content (AvgIpc) is 2.54. The lowest BCUT2D eigenvalue weighted by Crippen LogP contribution is -2.28. The number of carboxylic acids is 1. The summed E-state index contributed by atoms with van der Waals surface area (Å²) in [5.41, 5.74) is 0.402. The van der Waals surface area contributed by atoms with Crippen LogP contribution in [0.1, 0.15) is 25.7 Å². The predicted octanol–water partition coefficient (Wildman–Crippen LogP) is 0.553. The molecule has 8 nitrogen and oxygen atoms in total. The van der Waals surface area contributed by atoms with Crippen LogP contribution in [0.3, 0.4) is 0 Å². The molecule has 0 fully saturated rings. The normalized spacial score (nSPS) is 10.6. The third-order valence-corrected chi connectivity index (χ3v) is 3.34. The van der Waals surface area contributed by atoms with Crippen LogP contribution >= 0.6 is 0 Å². The summed E-state index contributed by atoms with van der Waals surface area (Å²) in [5.74, 6) is -1.34. The highest BCUT2D eigenvalue weighted by Gasteiger charge is 2.06. The highest BCUT2D eigenvalue weighted by molar-refractivity contribution is 5.81. The molecule has 1 aromatic heterocycles. The van der Waals surface area contributed by atoms with Crippen LogP contribution in [0.25, 0.3) is 10.9 Å². The number of nitrogens with zero attached hydrogens (tertiary/aromatic N) is 3. The van der Waals surface area contributed by atoms with E-state index in [2.05, 4.69) is 15.6 Å². The number of carbonyl (C=O) groups excluding carboxylic acids is 1. The second kappa shape index (κ2) is 8.02. The molecule has 0 unspecified atom stereocenters. The van der Waals surface area contributed by atoms with Gasteiger partial charge < -0.3 is 10.4 Å². The SMILES string of the molecule is O=C(O)CNC(=O)CCCCCn1nnc2ccccc2c1=O. The molecule has 1 heterocycles. The molecule has 1 aromatic carbocycles. The average molecular weight is 318 g/mol. The Labute approximate surface area is 132 Å². The Kier molecular flexibility index (Phi) is 5.79. The number of unbranched alkanes of at least 4 members (excludes halogenated alkanes) is 2. The molecule has 0 bridgehead atoms. The van der Waals surface area contributed by atoms with Gasteiger partial charge in [-0.1, -0.05) is 23.8 Å². The van der Waals surface area contributed by atoms with Crippen molar-refractivity contribution in [3.05, 3.63) is 34.6 Å². The molecular formula is C15H18N4O4. The van der Waals surface area contributed by atoms with E-state index in [1.54, 1.807) is 24.3 Å². The van der Waals surface area contributed by atoms with E-state index in [1.165, 1.54) is 4.68 Å². The summed E-state index contributed by atoms with van der Waals surface area (Å²) in [5, 5.41) is 19.2. The molecule has 0 saturated carbocycles. The minimum absolute atomic E-state index is 0.171. The van der Waals surface area contributed by atoms with Gasteiger partial charge >= 0.3 is 5.97 Å². The summed E-state index contributed by atoms with van der Waals surface area (Å²) in [6.07, 6.45) is 2.33. The molecule has 1 amide bonds. The van der Waals surface area contributed by atoms with Crippen LogP contribution in [0.15, 0.2) is 29.1 Å². The monoisotopic (exact) mass is 318 g/mol. The Morgan fingerprint density at radius 3 is 2.74 bits per heavy atom. The summed E-state index contributed by atoms with van der Waals surface area (Å²) in [6.45, 7) is 0.0777. The first-order valence-corrected chi connectivity index (χ1v) is 7.39. The molecule has 122 valence electrons. The number of aliphatic carboxylic acids is 1. The van der Waals surface area contributed by atoms with Crippen molar-refractivity contribution in [3.63, 3.8) is 0 Å². The van der Waals surface area contributed by atoms with Crippen LogP contribution in [0.4, 0.5) is 0 Å². The number of nitrogens with one attached hydrogen (secondary N) is 1. The van der Waals surface area contributed by atoms with E-state index in [0.717, 1.165) is 6.42 Å². The standard InChI is InChI=1S/C15H18N4O4/c20-13(16-10-14(21)22)8-2-1-5-9-19-15(23)11-6-3-4-7-12(11)17-18-19/h3-4,6-7H,1-2,5,8-10H2,(H,16,20)(H,21,22). The summed E-state index contributed by atoms with van der Waals surface area (Å²) in [6, 6.07) is 7.04. The maximum Gasteiger partial charge on any atom is 0.322 e. The number of amides is 1. The van der Waals surface area contributed by atoms with E-state index in [1.807, 2.05) is 0 Å². The van der Waals surface area contributed by atoms with E-state index in [4.69, 9.17) is 5.11 Å². The molecule has 0 aliphatic rings. The van der Waals surface area contributed by atoms with Crippen LogP contribution < -0.4 is 10.9 Å². The molecule has 0 saturated heterocycles. The van der Waals surface area contributed by atoms with Crippen molar-refractivity contribution < 1.29 is 14.7 Å². The van der Waals surface area contributed by atoms with Crippen molar-refractivity contribution in [1.82, 2.24) is 20.3 Å². The highest BCUT2D eigenvalue weighted by Crippen LogP contribution is 2.05. The molecule has 23 heavy (non-hydrogen) atoms. The Hall–Kier alpha value is -2.77. The first-order chi connectivity index (χ1) is 11.1. The van der Waals surface area contributed by atoms with Crippen LogP contribution in [0, 0.1) is 0 Å². The van der Waals surface area contributed by atoms with Gasteiger partial charge in [0.05, 0.1) is 5.39 Å². The van der Waals surface area contributed by atoms with Crippen LogP contribution in [-0.4, -0.2) is 38.5 Å². The predicted molar refractivity (Wildman–Crippen MR) is 82.9 cm³/mol. The molecule has 2 N–H and O–H groups in total. The summed E-state index contributed by atoms with van der Waals surface area (Å²) in [7, 11) is 0. The first kappa shape index (κ1) is 16.6. The Morgan fingerprint density at radius 2 is 1.96 bits per heavy atom. The lowest BCUT2D eigenvalue weighted by Gasteiger charge is -2.05. The number of carbonyl (C=O) groups is 2. The van der Waals surface area contributed by atoms with E-state index in [0.29, 0.717) is 30.3 Å². The Bertz CT molecular complexity index is 756. The van der Waals surface area contributed by atoms with Gasteiger partial charge in [-0.25, -0.2) is 4.68 Å². The summed E-state index contributed by atoms with van der Waals surface area (Å²) < 4.78 is 1.33. The van der Waals surface area contributed by atoms with Gasteiger partial charge in [0, 0.05) is 13.0 Å². The molecule has 0 atom stereocenters. The number of aryl methyl sites for hydroxylation is 1. The second-order valence-electron chi connectivity index (χ2n) is 5.12. The molecule has 0 spiro atoms. The van der Waals surface area contributed by atoms with Crippen molar-refractivity contribution in [3.8, 4) is 0 Å². The smallest absolute Gasteiger partial charge is 0.322 e. The maximum absolute atomic E-state index is 12.2. The number of fused-ring (bicyclic) bond motifs is 1. The van der Waals surface area contributed by atoms with E-state index >= 15 is 0 Å². The summed E-state index contributed by atoms with van der Waals surface area (Å²) in [4.78, 5) is 33.8. The van der Waals surface area contributed by atoms with Crippen molar-refractivity contribution in [2.75, 3.05) is 6.54 Å². The van der Waals surface area contributed by atoms with Crippen molar-refractivity contribution >= 4 is 22.8 Å². The zero-order valence-corrected chi connectivity index (χ0v) is 12.6. The van der Waals surface area contributed by atoms with Gasteiger partial charge in [-0.3, -0.25) is 14.4 Å². The second-order valence-corrected chi connectivity index (χ2v) is 5.12. The minimum atomic E-state index is -1.06. The fourth-order valence-electron chi connectivity index (χ4n) is 2.16. The molecule has 0 aliphatic heterocycles. The zero-order valence-electron chi connectivity index (χ0n) is 12.6. The Balaban J connectivity index is 1.77. The molecule has 8 heteroatoms. The van der Waals surface area contributed by atoms with Crippen molar-refractivity contribution in [2.24, 2.45) is 0 Å². The van der Waals surface area contributed by atoms with Gasteiger partial charge in [0.2, 0.25) is 5.91 Å². The van der Waals surface area contributed by atoms with Crippen LogP contribution in [0.2, 0.25) is 0 Å². The van der Waals surface area contributed by atoms with Crippen LogP contribution in [-0.2, 0) is 16.1 Å².